The number of hydrogen-bond acceptors (Lipinski definition) is 13. The van der Waals surface area contributed by atoms with Gasteiger partial charge in [0.1, 0.15) is 0 Å². The molecule has 0 radical (unpaired) electrons. The maximum Gasteiger partial charge on any atom is 0.209 e. The lowest BCUT2D eigenvalue weighted by Gasteiger charge is -2.23. The van der Waals surface area contributed by atoms with E-state index in [0.717, 1.165) is 0 Å². The van der Waals surface area contributed by atoms with E-state index in [4.69, 9.17) is 0 Å². The number of rotatable bonds is 9. The van der Waals surface area contributed by atoms with Crippen LogP contribution in [0.15, 0.2) is 31.6 Å². The van der Waals surface area contributed by atoms with Crippen LogP contribution in [0.2, 0.25) is 0 Å². The first-order valence-electron chi connectivity index (χ1n) is 9.11. The molecule has 32 heavy (non-hydrogen) atoms. The summed E-state index contributed by atoms with van der Waals surface area (Å²) in [5, 5.41) is 11.8. The van der Waals surface area contributed by atoms with Gasteiger partial charge in [-0.05, 0) is 0 Å². The first kappa shape index (κ1) is 25.3. The Hall–Kier alpha value is -1.30. The van der Waals surface area contributed by atoms with Crippen LogP contribution in [0, 0.1) is 0 Å². The predicted octanol–water partition coefficient (Wildman–Crippen LogP) is 1.72. The van der Waals surface area contributed by atoms with E-state index in [2.05, 4.69) is 15.0 Å². The molecule has 0 saturated carbocycles. The van der Waals surface area contributed by atoms with Crippen molar-refractivity contribution in [3.05, 3.63) is 33.2 Å². The van der Waals surface area contributed by atoms with Crippen molar-refractivity contribution in [3.8, 4) is 0 Å². The quantitative estimate of drug-likeness (QED) is 0.410. The first-order chi connectivity index (χ1) is 14.8. The molecule has 0 aliphatic heterocycles. The van der Waals surface area contributed by atoms with Crippen LogP contribution in [0.5, 0.6) is 0 Å². The first-order valence-corrected chi connectivity index (χ1v) is 16.5. The van der Waals surface area contributed by atoms with Gasteiger partial charge in [-0.2, -0.15) is 0 Å². The van der Waals surface area contributed by atoms with E-state index in [0.29, 0.717) is 34.0 Å². The van der Waals surface area contributed by atoms with Crippen molar-refractivity contribution >= 4 is 63.5 Å². The molecule has 0 spiro atoms. The van der Waals surface area contributed by atoms with E-state index in [1.807, 2.05) is 0 Å². The minimum absolute atomic E-state index is 0.0673. The molecule has 3 rings (SSSR count). The Labute approximate surface area is 197 Å². The maximum atomic E-state index is 12.3. The average molecular weight is 558 g/mol. The van der Waals surface area contributed by atoms with E-state index in [-0.39, 0.29) is 44.9 Å². The maximum absolute atomic E-state index is 12.3. The van der Waals surface area contributed by atoms with E-state index in [1.54, 1.807) is 0 Å². The van der Waals surface area contributed by atoms with Crippen LogP contribution in [-0.2, 0) is 35.1 Å². The Balaban J connectivity index is 2.26. The van der Waals surface area contributed by atoms with E-state index >= 15 is 0 Å². The molecule has 0 saturated heterocycles. The Morgan fingerprint density at radius 3 is 1.12 bits per heavy atom. The molecular weight excluding hydrogens is 539 g/mol. The molecule has 3 aromatic heterocycles. The topological polar surface area (TPSA) is 161 Å². The van der Waals surface area contributed by atoms with Gasteiger partial charge in [0.25, 0.3) is 0 Å². The monoisotopic (exact) mass is 557 g/mol. The van der Waals surface area contributed by atoms with Crippen LogP contribution in [0.4, 0.5) is 0 Å². The van der Waals surface area contributed by atoms with Crippen molar-refractivity contribution in [3.63, 3.8) is 0 Å². The third-order valence-corrected chi connectivity index (χ3v) is 14.4. The van der Waals surface area contributed by atoms with Crippen LogP contribution < -0.4 is 0 Å². The SMILES string of the molecule is CCS(=O)(=O)c1ncc(C(O)(c2cnc(S(=O)(=O)CC)s2)c2cnc(S(=O)(=O)CC)s2)s1. The van der Waals surface area contributed by atoms with Crippen molar-refractivity contribution in [2.24, 2.45) is 0 Å². The number of sulfone groups is 3. The van der Waals surface area contributed by atoms with Crippen LogP contribution in [0.1, 0.15) is 35.4 Å². The summed E-state index contributed by atoms with van der Waals surface area (Å²) in [4.78, 5) is 12.0. The Morgan fingerprint density at radius 2 is 0.906 bits per heavy atom. The second kappa shape index (κ2) is 8.81. The number of aliphatic hydroxyl groups is 1. The van der Waals surface area contributed by atoms with Gasteiger partial charge in [0.05, 0.1) is 31.9 Å². The number of hydrogen-bond donors (Lipinski definition) is 1. The summed E-state index contributed by atoms with van der Waals surface area (Å²) in [5.74, 6) is -0.591. The summed E-state index contributed by atoms with van der Waals surface area (Å²) in [6.45, 7) is 4.37. The van der Waals surface area contributed by atoms with Crippen molar-refractivity contribution in [2.75, 3.05) is 17.3 Å². The lowest BCUT2D eigenvalue weighted by Crippen LogP contribution is -2.25. The number of nitrogens with zero attached hydrogens (tertiary/aromatic N) is 3. The van der Waals surface area contributed by atoms with Gasteiger partial charge < -0.3 is 5.11 Å². The average Bonchev–Trinajstić information content (AvgIpc) is 3.53. The molecule has 0 aliphatic rings. The van der Waals surface area contributed by atoms with Gasteiger partial charge in [-0.1, -0.05) is 20.8 Å². The Morgan fingerprint density at radius 1 is 0.656 bits per heavy atom. The van der Waals surface area contributed by atoms with Gasteiger partial charge in [-0.25, -0.2) is 40.2 Å². The second-order valence-electron chi connectivity index (χ2n) is 6.39. The van der Waals surface area contributed by atoms with Crippen LogP contribution >= 0.6 is 34.0 Å². The molecule has 0 aromatic carbocycles. The highest BCUT2D eigenvalue weighted by molar-refractivity contribution is 7.94. The highest BCUT2D eigenvalue weighted by Gasteiger charge is 2.42. The van der Waals surface area contributed by atoms with Crippen LogP contribution in [0.25, 0.3) is 0 Å². The third kappa shape index (κ3) is 4.41. The fraction of sp³-hybridized carbons (Fsp3) is 0.438. The highest BCUT2D eigenvalue weighted by atomic mass is 32.2. The molecule has 0 unspecified atom stereocenters. The number of aromatic nitrogens is 3. The smallest absolute Gasteiger partial charge is 0.209 e. The molecule has 176 valence electrons. The summed E-state index contributed by atoms with van der Waals surface area (Å²) in [6.07, 6.45) is 3.53. The van der Waals surface area contributed by atoms with E-state index in [1.165, 1.54) is 39.4 Å². The molecular formula is C16H19N3O7S6. The minimum Gasteiger partial charge on any atom is -0.373 e. The molecule has 0 bridgehead atoms. The van der Waals surface area contributed by atoms with Crippen LogP contribution in [0.3, 0.4) is 0 Å². The fourth-order valence-corrected chi connectivity index (χ4v) is 9.71. The van der Waals surface area contributed by atoms with Crippen molar-refractivity contribution in [2.45, 2.75) is 39.4 Å². The zero-order valence-corrected chi connectivity index (χ0v) is 21.9. The predicted molar refractivity (Wildman–Crippen MR) is 122 cm³/mol. The molecule has 0 aliphatic carbocycles. The Bertz CT molecular complexity index is 1270. The zero-order valence-electron chi connectivity index (χ0n) is 17.0. The summed E-state index contributed by atoms with van der Waals surface area (Å²) in [6, 6.07) is 0. The van der Waals surface area contributed by atoms with Crippen molar-refractivity contribution < 1.29 is 30.4 Å². The van der Waals surface area contributed by atoms with Gasteiger partial charge in [0.15, 0.2) is 5.60 Å². The lowest BCUT2D eigenvalue weighted by molar-refractivity contribution is 0.137. The molecule has 16 heteroatoms. The summed E-state index contributed by atoms with van der Waals surface area (Å²) >= 11 is 2.15. The van der Waals surface area contributed by atoms with Gasteiger partial charge >= 0.3 is 0 Å². The minimum atomic E-state index is -3.67. The molecule has 0 fully saturated rings. The third-order valence-electron chi connectivity index (χ3n) is 4.46. The van der Waals surface area contributed by atoms with Gasteiger partial charge in [-0.15, -0.1) is 34.0 Å². The zero-order chi connectivity index (χ0) is 23.9. The summed E-state index contributed by atoms with van der Waals surface area (Å²) in [7, 11) is -11.0. The van der Waals surface area contributed by atoms with Gasteiger partial charge in [-0.3, -0.25) is 0 Å². The number of thiazole rings is 3. The molecule has 1 N–H and O–H groups in total. The lowest BCUT2D eigenvalue weighted by atomic mass is 10.00. The highest BCUT2D eigenvalue weighted by Crippen LogP contribution is 2.45. The fourth-order valence-electron chi connectivity index (χ4n) is 2.44. The molecule has 0 atom stereocenters. The molecule has 3 aromatic rings. The van der Waals surface area contributed by atoms with Crippen LogP contribution in [-0.4, -0.2) is 62.6 Å². The molecule has 3 heterocycles. The second-order valence-corrected chi connectivity index (χ2v) is 16.8. The summed E-state index contributed by atoms with van der Waals surface area (Å²) in [5.41, 5.74) is -2.09. The summed E-state index contributed by atoms with van der Waals surface area (Å²) < 4.78 is 72.9. The van der Waals surface area contributed by atoms with Gasteiger partial charge in [0.2, 0.25) is 42.5 Å². The van der Waals surface area contributed by atoms with E-state index < -0.39 is 35.1 Å². The molecule has 10 nitrogen and oxygen atoms in total. The van der Waals surface area contributed by atoms with Crippen molar-refractivity contribution in [1.82, 2.24) is 15.0 Å². The Kier molecular flexibility index (Phi) is 6.97. The van der Waals surface area contributed by atoms with Crippen molar-refractivity contribution in [1.29, 1.82) is 0 Å². The molecule has 0 amide bonds. The van der Waals surface area contributed by atoms with E-state index in [9.17, 15) is 30.4 Å². The largest absolute Gasteiger partial charge is 0.373 e. The normalized spacial score (nSPS) is 13.5. The standard InChI is InChI=1S/C16H19N3O7S6/c1-4-30(21,22)13-17-7-10(27-13)16(20,11-8-18-14(28-11)31(23,24)5-2)12-9-19-15(29-12)32(25,26)6-3/h7-9,20H,4-6H2,1-3H3. The van der Waals surface area contributed by atoms with Gasteiger partial charge in [0, 0.05) is 18.6 Å².